The maximum absolute atomic E-state index is 12.7. The van der Waals surface area contributed by atoms with Gasteiger partial charge in [0, 0.05) is 18.0 Å². The first-order valence-corrected chi connectivity index (χ1v) is 9.98. The topological polar surface area (TPSA) is 58.4 Å². The van der Waals surface area contributed by atoms with Crippen molar-refractivity contribution in [1.29, 1.82) is 0 Å². The average molecular weight is 322 g/mol. The average Bonchev–Trinajstić information content (AvgIpc) is 3.10. The van der Waals surface area contributed by atoms with Crippen LogP contribution in [0.25, 0.3) is 0 Å². The Bertz CT molecular complexity index is 386. The van der Waals surface area contributed by atoms with Gasteiger partial charge in [-0.25, -0.2) is 0 Å². The van der Waals surface area contributed by atoms with Gasteiger partial charge in [0.25, 0.3) is 0 Å². The van der Waals surface area contributed by atoms with Crippen LogP contribution in [0.2, 0.25) is 0 Å². The fourth-order valence-electron chi connectivity index (χ4n) is 5.23. The second-order valence-electron chi connectivity index (χ2n) is 8.08. The Labute approximate surface area is 141 Å². The first-order valence-electron chi connectivity index (χ1n) is 9.98. The van der Waals surface area contributed by atoms with Crippen molar-refractivity contribution >= 4 is 5.91 Å². The number of amides is 1. The fourth-order valence-corrected chi connectivity index (χ4v) is 5.23. The van der Waals surface area contributed by atoms with Crippen molar-refractivity contribution in [3.8, 4) is 0 Å². The predicted octanol–water partition coefficient (Wildman–Crippen LogP) is 2.67. The van der Waals surface area contributed by atoms with Crippen LogP contribution in [0.1, 0.15) is 70.6 Å². The van der Waals surface area contributed by atoms with E-state index in [2.05, 4.69) is 10.2 Å². The molecule has 0 bridgehead atoms. The molecule has 0 radical (unpaired) electrons. The number of piperidine rings is 1. The van der Waals surface area contributed by atoms with E-state index in [1.807, 2.05) is 0 Å². The van der Waals surface area contributed by atoms with Crippen LogP contribution in [0, 0.1) is 11.8 Å². The van der Waals surface area contributed by atoms with Crippen LogP contribution in [0.5, 0.6) is 0 Å². The van der Waals surface area contributed by atoms with Crippen LogP contribution in [0.15, 0.2) is 0 Å². The third-order valence-electron chi connectivity index (χ3n) is 6.70. The highest BCUT2D eigenvalue weighted by Gasteiger charge is 2.40. The molecule has 0 aromatic heterocycles. The van der Waals surface area contributed by atoms with E-state index in [-0.39, 0.29) is 17.4 Å². The van der Waals surface area contributed by atoms with Crippen molar-refractivity contribution in [2.24, 2.45) is 17.6 Å². The Kier molecular flexibility index (Phi) is 5.97. The summed E-state index contributed by atoms with van der Waals surface area (Å²) in [5, 5.41) is 3.36. The molecule has 0 unspecified atom stereocenters. The number of hydrogen-bond acceptors (Lipinski definition) is 3. The van der Waals surface area contributed by atoms with Crippen molar-refractivity contribution in [2.45, 2.75) is 76.2 Å². The standard InChI is InChI=1S/C19H35N3O/c20-14-16-8-7-9-17(16)18(23)21-15-19(10-3-1-4-11-19)22-12-5-2-6-13-22/h16-17H,1-15,20H2,(H,21,23)/t16-,17-/m1/s1. The quantitative estimate of drug-likeness (QED) is 0.818. The lowest BCUT2D eigenvalue weighted by atomic mass is 9.79. The SMILES string of the molecule is NC[C@H]1CCC[C@H]1C(=O)NCC1(N2CCCCC2)CCCCC1. The molecule has 2 atom stereocenters. The summed E-state index contributed by atoms with van der Waals surface area (Å²) in [6.45, 7) is 3.98. The minimum atomic E-state index is 0.169. The minimum absolute atomic E-state index is 0.169. The Morgan fingerprint density at radius 1 is 1.00 bits per heavy atom. The lowest BCUT2D eigenvalue weighted by molar-refractivity contribution is -0.127. The minimum Gasteiger partial charge on any atom is -0.354 e. The van der Waals surface area contributed by atoms with Crippen LogP contribution in [-0.4, -0.2) is 42.5 Å². The van der Waals surface area contributed by atoms with E-state index in [1.165, 1.54) is 64.5 Å². The van der Waals surface area contributed by atoms with Gasteiger partial charge in [-0.15, -0.1) is 0 Å². The number of nitrogens with one attached hydrogen (secondary N) is 1. The molecule has 0 aromatic rings. The Hall–Kier alpha value is -0.610. The Morgan fingerprint density at radius 2 is 1.70 bits per heavy atom. The summed E-state index contributed by atoms with van der Waals surface area (Å²) >= 11 is 0. The highest BCUT2D eigenvalue weighted by molar-refractivity contribution is 5.79. The van der Waals surface area contributed by atoms with Gasteiger partial charge < -0.3 is 11.1 Å². The summed E-state index contributed by atoms with van der Waals surface area (Å²) in [4.78, 5) is 15.4. The summed E-state index contributed by atoms with van der Waals surface area (Å²) < 4.78 is 0. The van der Waals surface area contributed by atoms with E-state index in [0.29, 0.717) is 12.5 Å². The van der Waals surface area contributed by atoms with Crippen LogP contribution in [-0.2, 0) is 4.79 Å². The molecule has 2 saturated carbocycles. The number of nitrogens with zero attached hydrogens (tertiary/aromatic N) is 1. The lowest BCUT2D eigenvalue weighted by Crippen LogP contribution is -2.58. The molecular weight excluding hydrogens is 286 g/mol. The fraction of sp³-hybridized carbons (Fsp3) is 0.947. The van der Waals surface area contributed by atoms with Gasteiger partial charge in [0.05, 0.1) is 0 Å². The molecule has 132 valence electrons. The van der Waals surface area contributed by atoms with E-state index in [1.54, 1.807) is 0 Å². The molecule has 3 fully saturated rings. The van der Waals surface area contributed by atoms with Crippen LogP contribution < -0.4 is 11.1 Å². The Morgan fingerprint density at radius 3 is 2.39 bits per heavy atom. The maximum atomic E-state index is 12.7. The maximum Gasteiger partial charge on any atom is 0.223 e. The molecule has 1 saturated heterocycles. The first kappa shape index (κ1) is 17.2. The molecule has 23 heavy (non-hydrogen) atoms. The van der Waals surface area contributed by atoms with Crippen LogP contribution >= 0.6 is 0 Å². The third kappa shape index (κ3) is 3.90. The zero-order valence-corrected chi connectivity index (χ0v) is 14.7. The third-order valence-corrected chi connectivity index (χ3v) is 6.70. The van der Waals surface area contributed by atoms with E-state index in [0.717, 1.165) is 25.8 Å². The molecule has 0 aromatic carbocycles. The summed E-state index contributed by atoms with van der Waals surface area (Å²) in [5.41, 5.74) is 6.10. The van der Waals surface area contributed by atoms with Crippen LogP contribution in [0.3, 0.4) is 0 Å². The smallest absolute Gasteiger partial charge is 0.223 e. The number of hydrogen-bond donors (Lipinski definition) is 2. The zero-order chi connectivity index (χ0) is 16.1. The molecule has 1 aliphatic heterocycles. The number of likely N-dealkylation sites (tertiary alicyclic amines) is 1. The monoisotopic (exact) mass is 321 g/mol. The van der Waals surface area contributed by atoms with Gasteiger partial charge in [-0.3, -0.25) is 9.69 Å². The van der Waals surface area contributed by atoms with Gasteiger partial charge in [-0.1, -0.05) is 32.1 Å². The predicted molar refractivity (Wildman–Crippen MR) is 94.1 cm³/mol. The van der Waals surface area contributed by atoms with Gasteiger partial charge in [-0.2, -0.15) is 0 Å². The van der Waals surface area contributed by atoms with Crippen molar-refractivity contribution in [2.75, 3.05) is 26.2 Å². The summed E-state index contributed by atoms with van der Waals surface area (Å²) in [5.74, 6) is 0.856. The van der Waals surface area contributed by atoms with Crippen LogP contribution in [0.4, 0.5) is 0 Å². The van der Waals surface area contributed by atoms with Crippen molar-refractivity contribution in [3.05, 3.63) is 0 Å². The second kappa shape index (κ2) is 7.98. The van der Waals surface area contributed by atoms with Gasteiger partial charge in [0.2, 0.25) is 5.91 Å². The van der Waals surface area contributed by atoms with E-state index >= 15 is 0 Å². The van der Waals surface area contributed by atoms with Gasteiger partial charge >= 0.3 is 0 Å². The van der Waals surface area contributed by atoms with Crippen molar-refractivity contribution < 1.29 is 4.79 Å². The first-order chi connectivity index (χ1) is 11.2. The largest absolute Gasteiger partial charge is 0.354 e. The van der Waals surface area contributed by atoms with E-state index in [9.17, 15) is 4.79 Å². The molecule has 1 amide bonds. The highest BCUT2D eigenvalue weighted by atomic mass is 16.1. The van der Waals surface area contributed by atoms with Crippen molar-refractivity contribution in [3.63, 3.8) is 0 Å². The number of nitrogens with two attached hydrogens (primary N) is 1. The summed E-state index contributed by atoms with van der Waals surface area (Å²) in [6, 6.07) is 0. The zero-order valence-electron chi connectivity index (χ0n) is 14.7. The van der Waals surface area contributed by atoms with E-state index in [4.69, 9.17) is 5.73 Å². The molecule has 0 spiro atoms. The number of carbonyl (C=O) groups excluding carboxylic acids is 1. The second-order valence-corrected chi connectivity index (χ2v) is 8.08. The molecule has 3 N–H and O–H groups in total. The molecule has 3 rings (SSSR count). The molecule has 4 heteroatoms. The molecular formula is C19H35N3O. The summed E-state index contributed by atoms with van der Waals surface area (Å²) in [6.07, 6.45) is 13.9. The van der Waals surface area contributed by atoms with Gasteiger partial charge in [0.15, 0.2) is 0 Å². The van der Waals surface area contributed by atoms with Gasteiger partial charge in [0.1, 0.15) is 0 Å². The number of rotatable bonds is 5. The molecule has 2 aliphatic carbocycles. The number of carbonyl (C=O) groups is 1. The highest BCUT2D eigenvalue weighted by Crippen LogP contribution is 2.36. The van der Waals surface area contributed by atoms with Gasteiger partial charge in [-0.05, 0) is 64.1 Å². The molecule has 3 aliphatic rings. The normalized spacial score (nSPS) is 31.9. The molecule has 4 nitrogen and oxygen atoms in total. The lowest BCUT2D eigenvalue weighted by Gasteiger charge is -2.48. The van der Waals surface area contributed by atoms with E-state index < -0.39 is 0 Å². The Balaban J connectivity index is 1.61. The summed E-state index contributed by atoms with van der Waals surface area (Å²) in [7, 11) is 0. The molecule has 1 heterocycles. The van der Waals surface area contributed by atoms with Crippen molar-refractivity contribution in [1.82, 2.24) is 10.2 Å².